The largest absolute Gasteiger partial charge is 0.496 e. The molecule has 0 bridgehead atoms. The molecule has 0 aliphatic carbocycles. The molecule has 0 radical (unpaired) electrons. The molecule has 2 aromatic rings. The van der Waals surface area contributed by atoms with E-state index in [0.717, 1.165) is 20.7 Å². The van der Waals surface area contributed by atoms with E-state index in [9.17, 15) is 5.11 Å². The average molecular weight is 342 g/mol. The maximum atomic E-state index is 10.5. The summed E-state index contributed by atoms with van der Waals surface area (Å²) in [4.78, 5) is 1.10. The molecule has 2 unspecified atom stereocenters. The van der Waals surface area contributed by atoms with Gasteiger partial charge in [-0.1, -0.05) is 12.1 Å². The maximum Gasteiger partial charge on any atom is 0.133 e. The van der Waals surface area contributed by atoms with Crippen molar-refractivity contribution in [2.45, 2.75) is 12.0 Å². The summed E-state index contributed by atoms with van der Waals surface area (Å²) in [5, 5.41) is 12.5. The SMILES string of the molecule is COc1ccc(C(O)C(CN)c2cccs2)cc1Br. The van der Waals surface area contributed by atoms with E-state index in [1.54, 1.807) is 18.4 Å². The van der Waals surface area contributed by atoms with Crippen molar-refractivity contribution < 1.29 is 9.84 Å². The molecule has 1 aromatic heterocycles. The van der Waals surface area contributed by atoms with Gasteiger partial charge in [-0.2, -0.15) is 0 Å². The van der Waals surface area contributed by atoms with Gasteiger partial charge in [-0.25, -0.2) is 0 Å². The topological polar surface area (TPSA) is 55.5 Å². The molecule has 3 nitrogen and oxygen atoms in total. The van der Waals surface area contributed by atoms with Crippen LogP contribution in [0.2, 0.25) is 0 Å². The van der Waals surface area contributed by atoms with Crippen LogP contribution in [-0.2, 0) is 0 Å². The van der Waals surface area contributed by atoms with Crippen LogP contribution >= 0.6 is 27.3 Å². The minimum atomic E-state index is -0.620. The predicted molar refractivity (Wildman–Crippen MR) is 81.8 cm³/mol. The zero-order valence-corrected chi connectivity index (χ0v) is 12.9. The normalized spacial score (nSPS) is 14.1. The molecule has 0 saturated heterocycles. The summed E-state index contributed by atoms with van der Waals surface area (Å²) in [5.74, 6) is 0.664. The van der Waals surface area contributed by atoms with Crippen molar-refractivity contribution in [2.75, 3.05) is 13.7 Å². The first-order valence-corrected chi connectivity index (χ1v) is 7.59. The van der Waals surface area contributed by atoms with Gasteiger partial charge in [0, 0.05) is 17.3 Å². The van der Waals surface area contributed by atoms with Crippen LogP contribution in [0.4, 0.5) is 0 Å². The molecule has 0 saturated carbocycles. The summed E-state index contributed by atoms with van der Waals surface area (Å²) in [6.07, 6.45) is -0.620. The lowest BCUT2D eigenvalue weighted by Crippen LogP contribution is -2.19. The van der Waals surface area contributed by atoms with Crippen molar-refractivity contribution in [1.82, 2.24) is 0 Å². The Hall–Kier alpha value is -0.880. The van der Waals surface area contributed by atoms with Crippen LogP contribution in [0.25, 0.3) is 0 Å². The van der Waals surface area contributed by atoms with Crippen LogP contribution in [-0.4, -0.2) is 18.8 Å². The zero-order valence-electron chi connectivity index (χ0n) is 10.5. The Kier molecular flexibility index (Phi) is 4.99. The second-order valence-electron chi connectivity index (χ2n) is 4.20. The standard InChI is InChI=1S/C14H16BrNO2S/c1-18-12-5-4-9(7-11(12)15)14(17)10(8-16)13-3-2-6-19-13/h2-7,10,14,17H,8,16H2,1H3. The van der Waals surface area contributed by atoms with Gasteiger partial charge in [0.15, 0.2) is 0 Å². The molecular formula is C14H16BrNO2S. The molecule has 0 aliphatic heterocycles. The molecular weight excluding hydrogens is 326 g/mol. The Morgan fingerprint density at radius 1 is 1.42 bits per heavy atom. The summed E-state index contributed by atoms with van der Waals surface area (Å²) in [5.41, 5.74) is 6.64. The van der Waals surface area contributed by atoms with Crippen molar-refractivity contribution in [1.29, 1.82) is 0 Å². The number of aliphatic hydroxyl groups excluding tert-OH is 1. The Morgan fingerprint density at radius 3 is 2.74 bits per heavy atom. The number of methoxy groups -OCH3 is 1. The summed E-state index contributed by atoms with van der Waals surface area (Å²) in [6, 6.07) is 9.55. The number of aliphatic hydroxyl groups is 1. The Balaban J connectivity index is 2.27. The summed E-state index contributed by atoms with van der Waals surface area (Å²) >= 11 is 5.04. The van der Waals surface area contributed by atoms with E-state index >= 15 is 0 Å². The highest BCUT2D eigenvalue weighted by molar-refractivity contribution is 9.10. The van der Waals surface area contributed by atoms with Crippen molar-refractivity contribution in [3.05, 3.63) is 50.6 Å². The lowest BCUT2D eigenvalue weighted by molar-refractivity contribution is 0.148. The molecule has 2 rings (SSSR count). The number of halogens is 1. The van der Waals surface area contributed by atoms with E-state index in [0.29, 0.717) is 6.54 Å². The van der Waals surface area contributed by atoms with Gasteiger partial charge in [0.2, 0.25) is 0 Å². The molecule has 1 heterocycles. The predicted octanol–water partition coefficient (Wildman–Crippen LogP) is 3.30. The van der Waals surface area contributed by atoms with Gasteiger partial charge < -0.3 is 15.6 Å². The second kappa shape index (κ2) is 6.52. The number of hydrogen-bond acceptors (Lipinski definition) is 4. The Bertz CT molecular complexity index is 530. The van der Waals surface area contributed by atoms with Gasteiger partial charge in [0.1, 0.15) is 5.75 Å². The van der Waals surface area contributed by atoms with Gasteiger partial charge in [-0.15, -0.1) is 11.3 Å². The number of benzene rings is 1. The van der Waals surface area contributed by atoms with Crippen molar-refractivity contribution in [3.63, 3.8) is 0 Å². The first-order chi connectivity index (χ1) is 9.17. The first-order valence-electron chi connectivity index (χ1n) is 5.92. The molecule has 5 heteroatoms. The first kappa shape index (κ1) is 14.5. The van der Waals surface area contributed by atoms with Gasteiger partial charge in [-0.05, 0) is 45.1 Å². The fraction of sp³-hybridized carbons (Fsp3) is 0.286. The van der Waals surface area contributed by atoms with Crippen molar-refractivity contribution in [2.24, 2.45) is 5.73 Å². The van der Waals surface area contributed by atoms with Crippen molar-refractivity contribution in [3.8, 4) is 5.75 Å². The minimum absolute atomic E-state index is 0.0831. The van der Waals surface area contributed by atoms with E-state index < -0.39 is 6.10 Å². The van der Waals surface area contributed by atoms with E-state index in [-0.39, 0.29) is 5.92 Å². The van der Waals surface area contributed by atoms with Crippen LogP contribution in [0.1, 0.15) is 22.5 Å². The molecule has 3 N–H and O–H groups in total. The van der Waals surface area contributed by atoms with E-state index in [2.05, 4.69) is 15.9 Å². The van der Waals surface area contributed by atoms with E-state index in [1.165, 1.54) is 0 Å². The fourth-order valence-corrected chi connectivity index (χ4v) is 3.43. The Labute approximate surface area is 125 Å². The molecule has 19 heavy (non-hydrogen) atoms. The molecule has 102 valence electrons. The highest BCUT2D eigenvalue weighted by Gasteiger charge is 2.23. The van der Waals surface area contributed by atoms with Gasteiger partial charge in [0.05, 0.1) is 17.7 Å². The third kappa shape index (κ3) is 3.17. The van der Waals surface area contributed by atoms with Crippen LogP contribution in [0.15, 0.2) is 40.2 Å². The third-order valence-corrected chi connectivity index (χ3v) is 4.68. The average Bonchev–Trinajstić information content (AvgIpc) is 2.93. The lowest BCUT2D eigenvalue weighted by atomic mass is 9.94. The maximum absolute atomic E-state index is 10.5. The smallest absolute Gasteiger partial charge is 0.133 e. The van der Waals surface area contributed by atoms with Crippen LogP contribution in [0, 0.1) is 0 Å². The lowest BCUT2D eigenvalue weighted by Gasteiger charge is -2.21. The number of thiophene rings is 1. The Morgan fingerprint density at radius 2 is 2.21 bits per heavy atom. The molecule has 1 aromatic carbocycles. The monoisotopic (exact) mass is 341 g/mol. The van der Waals surface area contributed by atoms with E-state index in [4.69, 9.17) is 10.5 Å². The summed E-state index contributed by atoms with van der Waals surface area (Å²) < 4.78 is 6.01. The highest BCUT2D eigenvalue weighted by Crippen LogP contribution is 2.35. The number of hydrogen-bond donors (Lipinski definition) is 2. The third-order valence-electron chi connectivity index (χ3n) is 3.06. The second-order valence-corrected chi connectivity index (χ2v) is 6.03. The molecule has 2 atom stereocenters. The highest BCUT2D eigenvalue weighted by atomic mass is 79.9. The van der Waals surface area contributed by atoms with Gasteiger partial charge >= 0.3 is 0 Å². The van der Waals surface area contributed by atoms with Crippen LogP contribution < -0.4 is 10.5 Å². The number of nitrogens with two attached hydrogens (primary N) is 1. The minimum Gasteiger partial charge on any atom is -0.496 e. The van der Waals surface area contributed by atoms with E-state index in [1.807, 2.05) is 35.7 Å². The fourth-order valence-electron chi connectivity index (χ4n) is 2.00. The molecule has 0 amide bonds. The summed E-state index contributed by atoms with van der Waals surface area (Å²) in [7, 11) is 1.62. The number of ether oxygens (including phenoxy) is 1. The van der Waals surface area contributed by atoms with Gasteiger partial charge in [0.25, 0.3) is 0 Å². The van der Waals surface area contributed by atoms with Crippen LogP contribution in [0.3, 0.4) is 0 Å². The molecule has 0 aliphatic rings. The van der Waals surface area contributed by atoms with Gasteiger partial charge in [-0.3, -0.25) is 0 Å². The van der Waals surface area contributed by atoms with Crippen molar-refractivity contribution >= 4 is 27.3 Å². The van der Waals surface area contributed by atoms with Crippen LogP contribution in [0.5, 0.6) is 5.75 Å². The molecule has 0 spiro atoms. The quantitative estimate of drug-likeness (QED) is 0.877. The zero-order chi connectivity index (χ0) is 13.8. The summed E-state index contributed by atoms with van der Waals surface area (Å²) in [6.45, 7) is 0.408. The number of rotatable bonds is 5. The molecule has 0 fully saturated rings.